The minimum atomic E-state index is -1.72. The van der Waals surface area contributed by atoms with Crippen molar-refractivity contribution in [1.29, 1.82) is 0 Å². The summed E-state index contributed by atoms with van der Waals surface area (Å²) in [5.74, 6) is -0.271. The van der Waals surface area contributed by atoms with Gasteiger partial charge in [0.05, 0.1) is 12.2 Å². The Labute approximate surface area is 133 Å². The van der Waals surface area contributed by atoms with E-state index in [1.54, 1.807) is 12.1 Å². The van der Waals surface area contributed by atoms with Crippen LogP contribution in [0.5, 0.6) is 0 Å². The van der Waals surface area contributed by atoms with E-state index in [2.05, 4.69) is 43.9 Å². The topological polar surface area (TPSA) is 26.3 Å². The summed E-state index contributed by atoms with van der Waals surface area (Å²) in [5.41, 5.74) is 0.590. The van der Waals surface area contributed by atoms with Crippen molar-refractivity contribution in [1.82, 2.24) is 0 Å². The molecule has 3 heteroatoms. The molecular weight excluding hydrogens is 288 g/mol. The molecule has 0 saturated heterocycles. The Hall–Kier alpha value is -2.13. The highest BCUT2D eigenvalue weighted by atomic mass is 28.3. The first-order chi connectivity index (χ1) is 10.5. The molecule has 0 fully saturated rings. The van der Waals surface area contributed by atoms with Crippen LogP contribution < -0.4 is 5.19 Å². The van der Waals surface area contributed by atoms with Crippen LogP contribution in [0, 0.1) is 0 Å². The van der Waals surface area contributed by atoms with Gasteiger partial charge in [-0.3, -0.25) is 0 Å². The van der Waals surface area contributed by atoms with Gasteiger partial charge in [-0.25, -0.2) is 4.79 Å². The van der Waals surface area contributed by atoms with E-state index < -0.39 is 8.07 Å². The average molecular weight is 310 g/mol. The predicted molar refractivity (Wildman–Crippen MR) is 94.0 cm³/mol. The van der Waals surface area contributed by atoms with Gasteiger partial charge in [0.15, 0.2) is 0 Å². The third-order valence-electron chi connectivity index (χ3n) is 4.03. The Morgan fingerprint density at radius 3 is 2.14 bits per heavy atom. The fourth-order valence-electron chi connectivity index (χ4n) is 2.30. The summed E-state index contributed by atoms with van der Waals surface area (Å²) in [6.45, 7) is 9.19. The first-order valence-electron chi connectivity index (χ1n) is 7.48. The summed E-state index contributed by atoms with van der Waals surface area (Å²) < 4.78 is 5.35. The molecule has 0 amide bonds. The molecular formula is C19H22O2Si. The molecule has 22 heavy (non-hydrogen) atoms. The minimum absolute atomic E-state index is 0.271. The third-order valence-corrected chi connectivity index (χ3v) is 7.82. The van der Waals surface area contributed by atoms with E-state index in [9.17, 15) is 4.79 Å². The molecule has 0 saturated carbocycles. The van der Waals surface area contributed by atoms with E-state index in [0.717, 1.165) is 0 Å². The fourth-order valence-corrected chi connectivity index (χ4v) is 4.46. The maximum atomic E-state index is 11.9. The van der Waals surface area contributed by atoms with Crippen molar-refractivity contribution < 1.29 is 9.53 Å². The van der Waals surface area contributed by atoms with Crippen molar-refractivity contribution in [2.75, 3.05) is 6.61 Å². The Morgan fingerprint density at radius 1 is 1.00 bits per heavy atom. The van der Waals surface area contributed by atoms with Gasteiger partial charge in [0.1, 0.15) is 8.07 Å². The molecule has 0 spiro atoms. The van der Waals surface area contributed by atoms with Gasteiger partial charge in [-0.1, -0.05) is 72.0 Å². The zero-order valence-electron chi connectivity index (χ0n) is 13.2. The Morgan fingerprint density at radius 2 is 1.55 bits per heavy atom. The van der Waals surface area contributed by atoms with Gasteiger partial charge >= 0.3 is 5.97 Å². The van der Waals surface area contributed by atoms with Crippen molar-refractivity contribution in [2.45, 2.75) is 19.5 Å². The molecule has 0 heterocycles. The summed E-state index contributed by atoms with van der Waals surface area (Å²) in [4.78, 5) is 11.9. The van der Waals surface area contributed by atoms with Gasteiger partial charge in [0, 0.05) is 0 Å². The molecule has 2 aromatic carbocycles. The molecule has 0 aliphatic carbocycles. The molecule has 0 radical (unpaired) electrons. The van der Waals surface area contributed by atoms with Crippen LogP contribution in [0.2, 0.25) is 13.1 Å². The first-order valence-corrected chi connectivity index (χ1v) is 10.5. The second-order valence-corrected chi connectivity index (χ2v) is 10.4. The van der Waals surface area contributed by atoms with Gasteiger partial charge in [-0.2, -0.15) is 0 Å². The number of hydrogen-bond acceptors (Lipinski definition) is 2. The fraction of sp³-hybridized carbons (Fsp3) is 0.211. The second-order valence-electron chi connectivity index (χ2n) is 5.85. The van der Waals surface area contributed by atoms with Gasteiger partial charge in [-0.05, 0) is 18.6 Å². The van der Waals surface area contributed by atoms with Crippen molar-refractivity contribution >= 4 is 19.2 Å². The zero-order valence-corrected chi connectivity index (χ0v) is 14.2. The number of esters is 1. The number of rotatable bonds is 6. The summed E-state index contributed by atoms with van der Waals surface area (Å²) >= 11 is 0. The SMILES string of the molecule is C=C(CCOC(=O)c1ccccc1)[Si](C)(C)c1ccccc1. The van der Waals surface area contributed by atoms with Crippen LogP contribution in [0.4, 0.5) is 0 Å². The lowest BCUT2D eigenvalue weighted by Gasteiger charge is -2.25. The summed E-state index contributed by atoms with van der Waals surface area (Å²) in [6, 6.07) is 19.5. The summed E-state index contributed by atoms with van der Waals surface area (Å²) in [5, 5.41) is 2.55. The predicted octanol–water partition coefficient (Wildman–Crippen LogP) is 3.94. The van der Waals surface area contributed by atoms with Crippen LogP contribution in [0.15, 0.2) is 72.4 Å². The highest BCUT2D eigenvalue weighted by Crippen LogP contribution is 2.17. The van der Waals surface area contributed by atoms with E-state index in [1.165, 1.54) is 10.4 Å². The lowest BCUT2D eigenvalue weighted by molar-refractivity contribution is 0.0510. The highest BCUT2D eigenvalue weighted by molar-refractivity contribution is 6.95. The molecule has 2 aromatic rings. The van der Waals surface area contributed by atoms with Crippen LogP contribution in [0.1, 0.15) is 16.8 Å². The monoisotopic (exact) mass is 310 g/mol. The van der Waals surface area contributed by atoms with Crippen LogP contribution in [0.3, 0.4) is 0 Å². The van der Waals surface area contributed by atoms with Gasteiger partial charge in [0.2, 0.25) is 0 Å². The van der Waals surface area contributed by atoms with Gasteiger partial charge in [-0.15, -0.1) is 6.58 Å². The van der Waals surface area contributed by atoms with E-state index in [4.69, 9.17) is 4.74 Å². The molecule has 0 aliphatic heterocycles. The van der Waals surface area contributed by atoms with Crippen molar-refractivity contribution in [3.63, 3.8) is 0 Å². The molecule has 0 atom stereocenters. The standard InChI is InChI=1S/C19H22O2Si/c1-16(22(2,3)18-12-8-5-9-13-18)14-15-21-19(20)17-10-6-4-7-11-17/h4-13H,1,14-15H2,2-3H3. The Kier molecular flexibility index (Phi) is 5.34. The number of benzene rings is 2. The van der Waals surface area contributed by atoms with E-state index in [1.807, 2.05) is 24.3 Å². The maximum absolute atomic E-state index is 11.9. The zero-order chi connectivity index (χ0) is 16.0. The summed E-state index contributed by atoms with van der Waals surface area (Å²) in [6.07, 6.45) is 0.715. The molecule has 114 valence electrons. The quantitative estimate of drug-likeness (QED) is 0.596. The third kappa shape index (κ3) is 3.95. The first kappa shape index (κ1) is 16.2. The molecule has 0 N–H and O–H groups in total. The van der Waals surface area contributed by atoms with Crippen LogP contribution in [-0.4, -0.2) is 20.7 Å². The lowest BCUT2D eigenvalue weighted by Crippen LogP contribution is -2.43. The van der Waals surface area contributed by atoms with Crippen molar-refractivity contribution in [3.05, 3.63) is 78.0 Å². The smallest absolute Gasteiger partial charge is 0.338 e. The average Bonchev–Trinajstić information content (AvgIpc) is 2.56. The normalized spacial score (nSPS) is 11.0. The van der Waals surface area contributed by atoms with Gasteiger partial charge < -0.3 is 4.74 Å². The number of carbonyl (C=O) groups is 1. The van der Waals surface area contributed by atoms with Gasteiger partial charge in [0.25, 0.3) is 0 Å². The van der Waals surface area contributed by atoms with Crippen molar-refractivity contribution in [3.8, 4) is 0 Å². The number of hydrogen-bond donors (Lipinski definition) is 0. The highest BCUT2D eigenvalue weighted by Gasteiger charge is 2.26. The van der Waals surface area contributed by atoms with Crippen LogP contribution in [0.25, 0.3) is 0 Å². The van der Waals surface area contributed by atoms with E-state index >= 15 is 0 Å². The van der Waals surface area contributed by atoms with Crippen LogP contribution >= 0.6 is 0 Å². The molecule has 0 unspecified atom stereocenters. The Balaban J connectivity index is 1.89. The second kappa shape index (κ2) is 7.23. The number of ether oxygens (including phenoxy) is 1. The molecule has 0 bridgehead atoms. The van der Waals surface area contributed by atoms with E-state index in [0.29, 0.717) is 18.6 Å². The van der Waals surface area contributed by atoms with E-state index in [-0.39, 0.29) is 5.97 Å². The number of carbonyl (C=O) groups excluding carboxylic acids is 1. The molecule has 2 nitrogen and oxygen atoms in total. The van der Waals surface area contributed by atoms with Crippen LogP contribution in [-0.2, 0) is 4.74 Å². The molecule has 2 rings (SSSR count). The van der Waals surface area contributed by atoms with Crippen molar-refractivity contribution in [2.24, 2.45) is 0 Å². The lowest BCUT2D eigenvalue weighted by atomic mass is 10.2. The minimum Gasteiger partial charge on any atom is -0.462 e. The molecule has 0 aromatic heterocycles. The summed E-state index contributed by atoms with van der Waals surface area (Å²) in [7, 11) is -1.72. The maximum Gasteiger partial charge on any atom is 0.338 e. The molecule has 0 aliphatic rings. The largest absolute Gasteiger partial charge is 0.462 e. The Bertz CT molecular complexity index is 633.